The van der Waals surface area contributed by atoms with Crippen LogP contribution >= 0.6 is 0 Å². The van der Waals surface area contributed by atoms with Crippen molar-refractivity contribution in [1.29, 1.82) is 0 Å². The Bertz CT molecular complexity index is 334. The Balaban J connectivity index is 2.14. The van der Waals surface area contributed by atoms with Crippen molar-refractivity contribution < 1.29 is 9.47 Å². The summed E-state index contributed by atoms with van der Waals surface area (Å²) in [4.78, 5) is 4.69. The Morgan fingerprint density at radius 2 is 2.12 bits per heavy atom. The van der Waals surface area contributed by atoms with Crippen LogP contribution in [0.3, 0.4) is 0 Å². The van der Waals surface area contributed by atoms with Crippen molar-refractivity contribution in [2.24, 2.45) is 0 Å². The molecule has 0 saturated carbocycles. The molecule has 2 heterocycles. The SMILES string of the molecule is COC(C)c1cccc(C2CCOCC2)n1. The van der Waals surface area contributed by atoms with E-state index in [1.807, 2.05) is 13.0 Å². The summed E-state index contributed by atoms with van der Waals surface area (Å²) in [5.41, 5.74) is 2.20. The minimum atomic E-state index is 0.0693. The highest BCUT2D eigenvalue weighted by molar-refractivity contribution is 5.16. The number of aromatic nitrogens is 1. The van der Waals surface area contributed by atoms with E-state index in [4.69, 9.17) is 9.47 Å². The zero-order chi connectivity index (χ0) is 11.4. The monoisotopic (exact) mass is 221 g/mol. The number of pyridine rings is 1. The topological polar surface area (TPSA) is 31.4 Å². The van der Waals surface area contributed by atoms with Crippen LogP contribution in [0.1, 0.15) is 43.2 Å². The van der Waals surface area contributed by atoms with Gasteiger partial charge in [0.1, 0.15) is 0 Å². The van der Waals surface area contributed by atoms with Crippen molar-refractivity contribution in [3.05, 3.63) is 29.6 Å². The molecule has 1 aromatic heterocycles. The number of hydrogen-bond donors (Lipinski definition) is 0. The van der Waals surface area contributed by atoms with E-state index in [2.05, 4.69) is 17.1 Å². The Morgan fingerprint density at radius 3 is 2.81 bits per heavy atom. The smallest absolute Gasteiger partial charge is 0.0962 e. The molecule has 1 aromatic rings. The lowest BCUT2D eigenvalue weighted by Gasteiger charge is -2.22. The zero-order valence-corrected chi connectivity index (χ0v) is 9.98. The Kier molecular flexibility index (Phi) is 3.91. The fourth-order valence-corrected chi connectivity index (χ4v) is 2.04. The van der Waals surface area contributed by atoms with Gasteiger partial charge in [0.15, 0.2) is 0 Å². The molecule has 0 bridgehead atoms. The minimum absolute atomic E-state index is 0.0693. The van der Waals surface area contributed by atoms with Gasteiger partial charge < -0.3 is 9.47 Å². The van der Waals surface area contributed by atoms with Crippen LogP contribution in [0.2, 0.25) is 0 Å². The summed E-state index contributed by atoms with van der Waals surface area (Å²) in [6.07, 6.45) is 2.23. The molecule has 1 atom stereocenters. The first-order valence-corrected chi connectivity index (χ1v) is 5.88. The molecule has 1 unspecified atom stereocenters. The largest absolute Gasteiger partial charge is 0.381 e. The van der Waals surface area contributed by atoms with Crippen LogP contribution in [0.15, 0.2) is 18.2 Å². The van der Waals surface area contributed by atoms with Gasteiger partial charge in [-0.05, 0) is 31.9 Å². The van der Waals surface area contributed by atoms with E-state index in [-0.39, 0.29) is 6.10 Å². The van der Waals surface area contributed by atoms with Gasteiger partial charge in [0.2, 0.25) is 0 Å². The summed E-state index contributed by atoms with van der Waals surface area (Å²) >= 11 is 0. The second kappa shape index (κ2) is 5.41. The maximum absolute atomic E-state index is 5.37. The van der Waals surface area contributed by atoms with E-state index in [1.54, 1.807) is 7.11 Å². The van der Waals surface area contributed by atoms with Gasteiger partial charge >= 0.3 is 0 Å². The summed E-state index contributed by atoms with van der Waals surface area (Å²) < 4.78 is 10.7. The van der Waals surface area contributed by atoms with E-state index < -0.39 is 0 Å². The molecule has 0 radical (unpaired) electrons. The van der Waals surface area contributed by atoms with E-state index in [0.29, 0.717) is 5.92 Å². The zero-order valence-electron chi connectivity index (χ0n) is 9.98. The standard InChI is InChI=1S/C13H19NO2/c1-10(15-2)12-4-3-5-13(14-12)11-6-8-16-9-7-11/h3-5,10-11H,6-9H2,1-2H3. The summed E-state index contributed by atoms with van der Waals surface area (Å²) in [6, 6.07) is 6.21. The van der Waals surface area contributed by atoms with Crippen LogP contribution in [0.25, 0.3) is 0 Å². The molecule has 16 heavy (non-hydrogen) atoms. The van der Waals surface area contributed by atoms with Gasteiger partial charge in [-0.25, -0.2) is 0 Å². The average molecular weight is 221 g/mol. The molecule has 0 aromatic carbocycles. The predicted octanol–water partition coefficient (Wildman–Crippen LogP) is 2.68. The summed E-state index contributed by atoms with van der Waals surface area (Å²) in [6.45, 7) is 3.74. The number of rotatable bonds is 3. The average Bonchev–Trinajstić information content (AvgIpc) is 2.39. The number of methoxy groups -OCH3 is 1. The molecule has 0 aliphatic carbocycles. The summed E-state index contributed by atoms with van der Waals surface area (Å²) in [5, 5.41) is 0. The molecular formula is C13H19NO2. The summed E-state index contributed by atoms with van der Waals surface area (Å²) in [5.74, 6) is 0.553. The van der Waals surface area contributed by atoms with Gasteiger partial charge in [-0.2, -0.15) is 0 Å². The van der Waals surface area contributed by atoms with E-state index >= 15 is 0 Å². The van der Waals surface area contributed by atoms with E-state index in [1.165, 1.54) is 5.69 Å². The van der Waals surface area contributed by atoms with E-state index in [0.717, 1.165) is 31.7 Å². The van der Waals surface area contributed by atoms with Crippen molar-refractivity contribution in [2.75, 3.05) is 20.3 Å². The maximum Gasteiger partial charge on any atom is 0.0962 e. The normalized spacial score (nSPS) is 19.6. The molecule has 1 saturated heterocycles. The van der Waals surface area contributed by atoms with Gasteiger partial charge in [0.25, 0.3) is 0 Å². The molecule has 3 heteroatoms. The molecule has 1 aliphatic rings. The van der Waals surface area contributed by atoms with Crippen molar-refractivity contribution in [1.82, 2.24) is 4.98 Å². The number of nitrogens with zero attached hydrogens (tertiary/aromatic N) is 1. The van der Waals surface area contributed by atoms with Crippen LogP contribution in [0.4, 0.5) is 0 Å². The lowest BCUT2D eigenvalue weighted by Crippen LogP contribution is -2.15. The number of hydrogen-bond acceptors (Lipinski definition) is 3. The lowest BCUT2D eigenvalue weighted by molar-refractivity contribution is 0.0839. The van der Waals surface area contributed by atoms with Crippen LogP contribution in [-0.4, -0.2) is 25.3 Å². The second-order valence-electron chi connectivity index (χ2n) is 4.25. The molecule has 1 aliphatic heterocycles. The van der Waals surface area contributed by atoms with Crippen LogP contribution in [0, 0.1) is 0 Å². The van der Waals surface area contributed by atoms with Gasteiger partial charge in [-0.3, -0.25) is 4.98 Å². The first-order chi connectivity index (χ1) is 7.81. The Morgan fingerprint density at radius 1 is 1.38 bits per heavy atom. The highest BCUT2D eigenvalue weighted by Gasteiger charge is 2.18. The van der Waals surface area contributed by atoms with Crippen LogP contribution < -0.4 is 0 Å². The third-order valence-electron chi connectivity index (χ3n) is 3.20. The quantitative estimate of drug-likeness (QED) is 0.786. The van der Waals surface area contributed by atoms with E-state index in [9.17, 15) is 0 Å². The molecule has 2 rings (SSSR count). The second-order valence-corrected chi connectivity index (χ2v) is 4.25. The predicted molar refractivity (Wildman–Crippen MR) is 62.5 cm³/mol. The first kappa shape index (κ1) is 11.6. The first-order valence-electron chi connectivity index (χ1n) is 5.88. The Labute approximate surface area is 96.8 Å². The maximum atomic E-state index is 5.37. The van der Waals surface area contributed by atoms with Crippen molar-refractivity contribution in [3.8, 4) is 0 Å². The molecule has 88 valence electrons. The number of ether oxygens (including phenoxy) is 2. The van der Waals surface area contributed by atoms with Gasteiger partial charge in [-0.1, -0.05) is 6.07 Å². The fourth-order valence-electron chi connectivity index (χ4n) is 2.04. The van der Waals surface area contributed by atoms with Crippen LogP contribution in [0.5, 0.6) is 0 Å². The molecule has 1 fully saturated rings. The van der Waals surface area contributed by atoms with Gasteiger partial charge in [0.05, 0.1) is 11.8 Å². The van der Waals surface area contributed by atoms with Gasteiger partial charge in [0, 0.05) is 31.9 Å². The highest BCUT2D eigenvalue weighted by atomic mass is 16.5. The minimum Gasteiger partial charge on any atom is -0.381 e. The fraction of sp³-hybridized carbons (Fsp3) is 0.615. The molecule has 0 amide bonds. The third kappa shape index (κ3) is 2.60. The van der Waals surface area contributed by atoms with Gasteiger partial charge in [-0.15, -0.1) is 0 Å². The lowest BCUT2D eigenvalue weighted by atomic mass is 9.95. The van der Waals surface area contributed by atoms with Crippen molar-refractivity contribution in [2.45, 2.75) is 31.8 Å². The molecule has 0 N–H and O–H groups in total. The van der Waals surface area contributed by atoms with Crippen molar-refractivity contribution >= 4 is 0 Å². The van der Waals surface area contributed by atoms with Crippen LogP contribution in [-0.2, 0) is 9.47 Å². The van der Waals surface area contributed by atoms with Crippen molar-refractivity contribution in [3.63, 3.8) is 0 Å². The molecule has 0 spiro atoms. The molecule has 3 nitrogen and oxygen atoms in total. The summed E-state index contributed by atoms with van der Waals surface area (Å²) in [7, 11) is 1.72. The third-order valence-corrected chi connectivity index (χ3v) is 3.20. The Hall–Kier alpha value is -0.930. The molecular weight excluding hydrogens is 202 g/mol. The highest BCUT2D eigenvalue weighted by Crippen LogP contribution is 2.26.